The lowest BCUT2D eigenvalue weighted by atomic mass is 9.94. The molecular weight excluding hydrogens is 414 g/mol. The van der Waals surface area contributed by atoms with Gasteiger partial charge in [0.25, 0.3) is 5.91 Å². The zero-order valence-electron chi connectivity index (χ0n) is 17.4. The van der Waals surface area contributed by atoms with Crippen LogP contribution in [-0.4, -0.2) is 78.9 Å². The first-order chi connectivity index (χ1) is 13.8. The van der Waals surface area contributed by atoms with Gasteiger partial charge < -0.3 is 20.4 Å². The zero-order valence-corrected chi connectivity index (χ0v) is 18.2. The lowest BCUT2D eigenvalue weighted by molar-refractivity contribution is -0.186. The number of nitrogens with zero attached hydrogens (tertiary/aromatic N) is 2. The minimum absolute atomic E-state index is 0.208. The molecule has 11 heteroatoms. The van der Waals surface area contributed by atoms with E-state index in [9.17, 15) is 29.5 Å². The number of nitrogens with one attached hydrogen (secondary N) is 1. The highest BCUT2D eigenvalue weighted by molar-refractivity contribution is 8.00. The second kappa shape index (κ2) is 7.40. The number of carboxylic acids is 1. The third-order valence-electron chi connectivity index (χ3n) is 5.46. The quantitative estimate of drug-likeness (QED) is 0.412. The molecule has 0 aromatic rings. The summed E-state index contributed by atoms with van der Waals surface area (Å²) in [5, 5.41) is 23.2. The molecule has 0 spiro atoms. The number of β-lactam (4-membered cyclic amide) rings is 1. The summed E-state index contributed by atoms with van der Waals surface area (Å²) in [6.07, 6.45) is 1.65. The highest BCUT2D eigenvalue weighted by Crippen LogP contribution is 2.42. The van der Waals surface area contributed by atoms with Crippen LogP contribution in [0.4, 0.5) is 0 Å². The molecule has 0 aromatic carbocycles. The Labute approximate surface area is 177 Å². The molecule has 3 rings (SSSR count). The van der Waals surface area contributed by atoms with Crippen molar-refractivity contribution < 1.29 is 34.2 Å². The molecule has 0 aliphatic carbocycles. The molecule has 3 aliphatic rings. The van der Waals surface area contributed by atoms with Crippen molar-refractivity contribution in [1.29, 1.82) is 0 Å². The van der Waals surface area contributed by atoms with E-state index in [1.54, 1.807) is 33.8 Å². The summed E-state index contributed by atoms with van der Waals surface area (Å²) in [6, 6.07) is -0.889. The van der Waals surface area contributed by atoms with Crippen LogP contribution in [0.2, 0.25) is 0 Å². The Balaban J connectivity index is 1.78. The van der Waals surface area contributed by atoms with E-state index in [2.05, 4.69) is 5.32 Å². The van der Waals surface area contributed by atoms with Gasteiger partial charge in [-0.15, -0.1) is 11.8 Å². The van der Waals surface area contributed by atoms with Gasteiger partial charge in [0.15, 0.2) is 0 Å². The van der Waals surface area contributed by atoms with E-state index in [-0.39, 0.29) is 18.1 Å². The molecule has 3 aliphatic heterocycles. The van der Waals surface area contributed by atoms with Crippen molar-refractivity contribution in [3.05, 3.63) is 22.9 Å². The van der Waals surface area contributed by atoms with Crippen LogP contribution in [0, 0.1) is 0 Å². The number of aliphatic carboxylic acids is 1. The number of hydroxylamine groups is 2. The largest absolute Gasteiger partial charge is 0.477 e. The van der Waals surface area contributed by atoms with Crippen molar-refractivity contribution in [1.82, 2.24) is 15.3 Å². The lowest BCUT2D eigenvalue weighted by Crippen LogP contribution is -2.71. The van der Waals surface area contributed by atoms with Crippen LogP contribution in [0.15, 0.2) is 22.9 Å². The first kappa shape index (κ1) is 22.3. The van der Waals surface area contributed by atoms with E-state index in [4.69, 9.17) is 4.74 Å². The SMILES string of the molecule is CC(=O)OCC1=C(C(=O)O)N2C(=O)C(NC(=O)C3=CC(C)(C)N(O)C3(C)C)C2SC1. The fourth-order valence-corrected chi connectivity index (χ4v) is 5.30. The average Bonchev–Trinajstić information content (AvgIpc) is 2.82. The Morgan fingerprint density at radius 2 is 1.93 bits per heavy atom. The topological polar surface area (TPSA) is 136 Å². The Bertz CT molecular complexity index is 893. The summed E-state index contributed by atoms with van der Waals surface area (Å²) < 4.78 is 4.90. The number of amides is 2. The Morgan fingerprint density at radius 1 is 1.30 bits per heavy atom. The molecule has 10 nitrogen and oxygen atoms in total. The average molecular weight is 439 g/mol. The normalized spacial score (nSPS) is 27.2. The van der Waals surface area contributed by atoms with Gasteiger partial charge in [-0.25, -0.2) is 4.79 Å². The Morgan fingerprint density at radius 3 is 2.43 bits per heavy atom. The minimum atomic E-state index is -1.29. The van der Waals surface area contributed by atoms with Gasteiger partial charge in [-0.05, 0) is 27.7 Å². The standard InChI is InChI=1S/C19H25N3O7S/c1-9(23)29-7-10-8-30-16-12(15(25)21(16)13(10)17(26)27)20-14(24)11-6-18(2,3)22(28)19(11,4)5/h6,12,16,28H,7-8H2,1-5H3,(H,20,24)(H,26,27). The molecule has 2 amide bonds. The molecule has 2 atom stereocenters. The molecule has 1 fully saturated rings. The van der Waals surface area contributed by atoms with Crippen LogP contribution in [-0.2, 0) is 23.9 Å². The number of rotatable bonds is 5. The van der Waals surface area contributed by atoms with E-state index >= 15 is 0 Å². The number of carbonyl (C=O) groups is 4. The second-order valence-corrected chi connectivity index (χ2v) is 9.59. The summed E-state index contributed by atoms with van der Waals surface area (Å²) in [6.45, 7) is 7.93. The fraction of sp³-hybridized carbons (Fsp3) is 0.579. The van der Waals surface area contributed by atoms with E-state index in [0.29, 0.717) is 11.1 Å². The number of hydrogen-bond donors (Lipinski definition) is 3. The third kappa shape index (κ3) is 3.50. The summed E-state index contributed by atoms with van der Waals surface area (Å²) in [5.41, 5.74) is -1.26. The Kier molecular flexibility index (Phi) is 5.50. The van der Waals surface area contributed by atoms with Gasteiger partial charge in [0, 0.05) is 23.8 Å². The number of hydrogen-bond acceptors (Lipinski definition) is 8. The molecular formula is C19H25N3O7S. The highest BCUT2D eigenvalue weighted by atomic mass is 32.2. The molecule has 0 bridgehead atoms. The van der Waals surface area contributed by atoms with Crippen molar-refractivity contribution in [2.45, 2.75) is 57.1 Å². The van der Waals surface area contributed by atoms with E-state index in [0.717, 1.165) is 9.96 Å². The molecule has 2 unspecified atom stereocenters. The van der Waals surface area contributed by atoms with Crippen LogP contribution >= 0.6 is 11.8 Å². The molecule has 3 N–H and O–H groups in total. The highest BCUT2D eigenvalue weighted by Gasteiger charge is 2.55. The maximum absolute atomic E-state index is 12.9. The predicted molar refractivity (Wildman–Crippen MR) is 106 cm³/mol. The van der Waals surface area contributed by atoms with E-state index < -0.39 is 46.2 Å². The first-order valence-corrected chi connectivity index (χ1v) is 10.4. The van der Waals surface area contributed by atoms with Gasteiger partial charge in [-0.2, -0.15) is 5.06 Å². The molecule has 164 valence electrons. The van der Waals surface area contributed by atoms with E-state index in [1.165, 1.54) is 18.7 Å². The van der Waals surface area contributed by atoms with Crippen LogP contribution in [0.25, 0.3) is 0 Å². The van der Waals surface area contributed by atoms with Crippen LogP contribution in [0.3, 0.4) is 0 Å². The smallest absolute Gasteiger partial charge is 0.352 e. The van der Waals surface area contributed by atoms with Crippen LogP contribution in [0.1, 0.15) is 34.6 Å². The molecule has 0 aromatic heterocycles. The van der Waals surface area contributed by atoms with Crippen LogP contribution in [0.5, 0.6) is 0 Å². The summed E-state index contributed by atoms with van der Waals surface area (Å²) in [4.78, 5) is 49.5. The van der Waals surface area contributed by atoms with Gasteiger partial charge >= 0.3 is 11.9 Å². The van der Waals surface area contributed by atoms with Crippen molar-refractivity contribution >= 4 is 35.5 Å². The summed E-state index contributed by atoms with van der Waals surface area (Å²) in [5.74, 6) is -2.63. The van der Waals surface area contributed by atoms with Crippen molar-refractivity contribution in [2.75, 3.05) is 12.4 Å². The van der Waals surface area contributed by atoms with Gasteiger partial charge in [0.1, 0.15) is 23.7 Å². The number of thioether (sulfide) groups is 1. The molecule has 0 radical (unpaired) electrons. The predicted octanol–water partition coefficient (Wildman–Crippen LogP) is 0.477. The lowest BCUT2D eigenvalue weighted by Gasteiger charge is -2.49. The van der Waals surface area contributed by atoms with E-state index in [1.807, 2.05) is 0 Å². The van der Waals surface area contributed by atoms with Crippen molar-refractivity contribution in [2.24, 2.45) is 0 Å². The molecule has 30 heavy (non-hydrogen) atoms. The monoisotopic (exact) mass is 439 g/mol. The third-order valence-corrected chi connectivity index (χ3v) is 6.80. The molecule has 0 saturated carbocycles. The minimum Gasteiger partial charge on any atom is -0.477 e. The van der Waals surface area contributed by atoms with Gasteiger partial charge in [0.2, 0.25) is 5.91 Å². The Hall–Kier alpha value is -2.37. The number of esters is 1. The maximum atomic E-state index is 12.9. The second-order valence-electron chi connectivity index (χ2n) is 8.48. The van der Waals surface area contributed by atoms with Crippen LogP contribution < -0.4 is 5.32 Å². The zero-order chi connectivity index (χ0) is 22.6. The van der Waals surface area contributed by atoms with Gasteiger partial charge in [-0.1, -0.05) is 6.08 Å². The number of fused-ring (bicyclic) bond motifs is 1. The maximum Gasteiger partial charge on any atom is 0.352 e. The van der Waals surface area contributed by atoms with Crippen molar-refractivity contribution in [3.63, 3.8) is 0 Å². The number of ether oxygens (including phenoxy) is 1. The van der Waals surface area contributed by atoms with Gasteiger partial charge in [-0.3, -0.25) is 19.3 Å². The summed E-state index contributed by atoms with van der Waals surface area (Å²) in [7, 11) is 0. The number of carboxylic acid groups (broad SMARTS) is 1. The first-order valence-electron chi connectivity index (χ1n) is 9.36. The molecule has 3 heterocycles. The van der Waals surface area contributed by atoms with Gasteiger partial charge in [0.05, 0.1) is 11.1 Å². The molecule has 1 saturated heterocycles. The van der Waals surface area contributed by atoms with Crippen molar-refractivity contribution in [3.8, 4) is 0 Å². The number of carbonyl (C=O) groups excluding carboxylic acids is 3. The fourth-order valence-electron chi connectivity index (χ4n) is 3.97. The summed E-state index contributed by atoms with van der Waals surface area (Å²) >= 11 is 1.29.